The van der Waals surface area contributed by atoms with E-state index >= 15 is 0 Å². The summed E-state index contributed by atoms with van der Waals surface area (Å²) in [5, 5.41) is 10.6. The molecular weight excluding hydrogens is 279 g/mol. The molecule has 1 aliphatic heterocycles. The van der Waals surface area contributed by atoms with E-state index in [-0.39, 0.29) is 0 Å². The number of hydrogen-bond acceptors (Lipinski definition) is 2. The standard InChI is InChI=1S/C16H22F3NO/c1-14(2,21)15(7-9-20(3)10-8-15)12-5-4-6-13(11-12)16(17,18)19/h4-6,11,21H,7-10H2,1-3H3. The van der Waals surface area contributed by atoms with E-state index in [0.29, 0.717) is 18.4 Å². The van der Waals surface area contributed by atoms with Crippen molar-refractivity contribution in [2.24, 2.45) is 0 Å². The Morgan fingerprint density at radius 3 is 2.19 bits per heavy atom. The fourth-order valence-corrected chi connectivity index (χ4v) is 3.25. The largest absolute Gasteiger partial charge is 0.416 e. The van der Waals surface area contributed by atoms with Crippen LogP contribution >= 0.6 is 0 Å². The van der Waals surface area contributed by atoms with E-state index in [0.717, 1.165) is 19.2 Å². The number of likely N-dealkylation sites (tertiary alicyclic amines) is 1. The van der Waals surface area contributed by atoms with Crippen molar-refractivity contribution in [2.45, 2.75) is 43.9 Å². The van der Waals surface area contributed by atoms with Gasteiger partial charge in [-0.3, -0.25) is 0 Å². The summed E-state index contributed by atoms with van der Waals surface area (Å²) in [6, 6.07) is 5.42. The molecule has 2 nitrogen and oxygen atoms in total. The topological polar surface area (TPSA) is 23.5 Å². The molecule has 0 saturated carbocycles. The highest BCUT2D eigenvalue weighted by atomic mass is 19.4. The van der Waals surface area contributed by atoms with Crippen molar-refractivity contribution in [3.05, 3.63) is 35.4 Å². The van der Waals surface area contributed by atoms with Gasteiger partial charge in [0, 0.05) is 5.41 Å². The molecule has 1 aromatic rings. The van der Waals surface area contributed by atoms with Gasteiger partial charge >= 0.3 is 6.18 Å². The number of halogens is 3. The minimum Gasteiger partial charge on any atom is -0.390 e. The molecule has 0 atom stereocenters. The Kier molecular flexibility index (Phi) is 4.10. The molecular formula is C16H22F3NO. The maximum atomic E-state index is 12.9. The normalized spacial score (nSPS) is 20.5. The quantitative estimate of drug-likeness (QED) is 0.904. The smallest absolute Gasteiger partial charge is 0.390 e. The summed E-state index contributed by atoms with van der Waals surface area (Å²) in [7, 11) is 1.99. The van der Waals surface area contributed by atoms with Crippen LogP contribution in [0.3, 0.4) is 0 Å². The van der Waals surface area contributed by atoms with Crippen LogP contribution in [0, 0.1) is 0 Å². The molecule has 1 fully saturated rings. The lowest BCUT2D eigenvalue weighted by Crippen LogP contribution is -2.53. The van der Waals surface area contributed by atoms with E-state index in [1.807, 2.05) is 7.05 Å². The second-order valence-corrected chi connectivity index (χ2v) is 6.52. The Bertz CT molecular complexity index is 497. The summed E-state index contributed by atoms with van der Waals surface area (Å²) in [5.74, 6) is 0. The van der Waals surface area contributed by atoms with Crippen LogP contribution in [0.15, 0.2) is 24.3 Å². The molecule has 0 unspecified atom stereocenters. The average Bonchev–Trinajstić information content (AvgIpc) is 2.37. The number of aliphatic hydroxyl groups is 1. The van der Waals surface area contributed by atoms with Gasteiger partial charge in [-0.05, 0) is 58.5 Å². The van der Waals surface area contributed by atoms with E-state index < -0.39 is 22.8 Å². The molecule has 5 heteroatoms. The predicted octanol–water partition coefficient (Wildman–Crippen LogP) is 3.44. The van der Waals surface area contributed by atoms with Crippen molar-refractivity contribution in [2.75, 3.05) is 20.1 Å². The Labute approximate surface area is 123 Å². The third-order valence-electron chi connectivity index (χ3n) is 4.75. The van der Waals surface area contributed by atoms with Gasteiger partial charge in [0.25, 0.3) is 0 Å². The zero-order valence-corrected chi connectivity index (χ0v) is 12.7. The van der Waals surface area contributed by atoms with Crippen LogP contribution in [0.1, 0.15) is 37.8 Å². The van der Waals surface area contributed by atoms with Crippen molar-refractivity contribution in [1.82, 2.24) is 4.90 Å². The summed E-state index contributed by atoms with van der Waals surface area (Å²) in [6.07, 6.45) is -3.06. The lowest BCUT2D eigenvalue weighted by atomic mass is 9.63. The Morgan fingerprint density at radius 2 is 1.71 bits per heavy atom. The number of benzene rings is 1. The zero-order chi connectivity index (χ0) is 15.9. The molecule has 118 valence electrons. The summed E-state index contributed by atoms with van der Waals surface area (Å²) in [5.41, 5.74) is -1.78. The molecule has 21 heavy (non-hydrogen) atoms. The Morgan fingerprint density at radius 1 is 1.14 bits per heavy atom. The van der Waals surface area contributed by atoms with Gasteiger partial charge in [-0.1, -0.05) is 18.2 Å². The molecule has 1 heterocycles. The van der Waals surface area contributed by atoms with Gasteiger partial charge < -0.3 is 10.0 Å². The molecule has 0 aromatic heterocycles. The van der Waals surface area contributed by atoms with Crippen LogP contribution in [-0.2, 0) is 11.6 Å². The molecule has 1 N–H and O–H groups in total. The van der Waals surface area contributed by atoms with Crippen LogP contribution in [0.2, 0.25) is 0 Å². The highest BCUT2D eigenvalue weighted by Crippen LogP contribution is 2.45. The third-order valence-corrected chi connectivity index (χ3v) is 4.75. The van der Waals surface area contributed by atoms with Gasteiger partial charge in [-0.15, -0.1) is 0 Å². The predicted molar refractivity (Wildman–Crippen MR) is 76.2 cm³/mol. The minimum absolute atomic E-state index is 0.581. The summed E-state index contributed by atoms with van der Waals surface area (Å²) >= 11 is 0. The zero-order valence-electron chi connectivity index (χ0n) is 12.7. The molecule has 0 spiro atoms. The van der Waals surface area contributed by atoms with Crippen molar-refractivity contribution in [3.63, 3.8) is 0 Å². The van der Waals surface area contributed by atoms with E-state index in [2.05, 4.69) is 4.90 Å². The van der Waals surface area contributed by atoms with E-state index in [1.165, 1.54) is 12.1 Å². The second-order valence-electron chi connectivity index (χ2n) is 6.52. The molecule has 0 amide bonds. The van der Waals surface area contributed by atoms with Crippen LogP contribution in [0.25, 0.3) is 0 Å². The molecule has 0 radical (unpaired) electrons. The lowest BCUT2D eigenvalue weighted by molar-refractivity contribution is -0.137. The molecule has 1 aromatic carbocycles. The lowest BCUT2D eigenvalue weighted by Gasteiger charge is -2.49. The summed E-state index contributed by atoms with van der Waals surface area (Å²) in [6.45, 7) is 4.91. The molecule has 2 rings (SSSR count). The maximum absolute atomic E-state index is 12.9. The fraction of sp³-hybridized carbons (Fsp3) is 0.625. The van der Waals surface area contributed by atoms with Crippen LogP contribution in [-0.4, -0.2) is 35.7 Å². The second kappa shape index (κ2) is 5.29. The first-order chi connectivity index (χ1) is 9.56. The maximum Gasteiger partial charge on any atom is 0.416 e. The third kappa shape index (κ3) is 3.09. The monoisotopic (exact) mass is 301 g/mol. The number of rotatable bonds is 2. The van der Waals surface area contributed by atoms with Gasteiger partial charge in [0.05, 0.1) is 11.2 Å². The van der Waals surface area contributed by atoms with Crippen molar-refractivity contribution < 1.29 is 18.3 Å². The first kappa shape index (κ1) is 16.3. The van der Waals surface area contributed by atoms with Crippen LogP contribution in [0.4, 0.5) is 13.2 Å². The highest BCUT2D eigenvalue weighted by molar-refractivity contribution is 5.35. The molecule has 1 aliphatic rings. The fourth-order valence-electron chi connectivity index (χ4n) is 3.25. The number of nitrogens with zero attached hydrogens (tertiary/aromatic N) is 1. The Balaban J connectivity index is 2.48. The minimum atomic E-state index is -4.36. The average molecular weight is 301 g/mol. The van der Waals surface area contributed by atoms with Gasteiger partial charge in [0.2, 0.25) is 0 Å². The van der Waals surface area contributed by atoms with Crippen LogP contribution in [0.5, 0.6) is 0 Å². The van der Waals surface area contributed by atoms with Crippen molar-refractivity contribution >= 4 is 0 Å². The highest BCUT2D eigenvalue weighted by Gasteiger charge is 2.47. The van der Waals surface area contributed by atoms with Gasteiger partial charge in [0.15, 0.2) is 0 Å². The van der Waals surface area contributed by atoms with Crippen molar-refractivity contribution in [1.29, 1.82) is 0 Å². The van der Waals surface area contributed by atoms with Gasteiger partial charge in [-0.2, -0.15) is 13.2 Å². The van der Waals surface area contributed by atoms with E-state index in [4.69, 9.17) is 0 Å². The first-order valence-electron chi connectivity index (χ1n) is 7.15. The van der Waals surface area contributed by atoms with E-state index in [9.17, 15) is 18.3 Å². The first-order valence-corrected chi connectivity index (χ1v) is 7.15. The number of hydrogen-bond donors (Lipinski definition) is 1. The van der Waals surface area contributed by atoms with Crippen molar-refractivity contribution in [3.8, 4) is 0 Å². The molecule has 1 saturated heterocycles. The summed E-state index contributed by atoms with van der Waals surface area (Å²) in [4.78, 5) is 2.14. The summed E-state index contributed by atoms with van der Waals surface area (Å²) < 4.78 is 38.8. The number of piperidine rings is 1. The molecule has 0 bridgehead atoms. The van der Waals surface area contributed by atoms with Crippen LogP contribution < -0.4 is 0 Å². The number of alkyl halides is 3. The Hall–Kier alpha value is -1.07. The SMILES string of the molecule is CN1CCC(c2cccc(C(F)(F)F)c2)(C(C)(C)O)CC1. The van der Waals surface area contributed by atoms with Gasteiger partial charge in [-0.25, -0.2) is 0 Å². The molecule has 0 aliphatic carbocycles. The van der Waals surface area contributed by atoms with E-state index in [1.54, 1.807) is 19.9 Å². The van der Waals surface area contributed by atoms with Gasteiger partial charge in [0.1, 0.15) is 0 Å².